The first-order valence-corrected chi connectivity index (χ1v) is 9.11. The lowest BCUT2D eigenvalue weighted by atomic mass is 9.90. The van der Waals surface area contributed by atoms with Crippen molar-refractivity contribution in [1.29, 1.82) is 0 Å². The molecule has 0 radical (unpaired) electrons. The molecule has 0 aliphatic carbocycles. The SMILES string of the molecule is CC(NC(=O)C(c1ccccc1)c1ccccc1)c1ccc(NC(N)=O)cc1. The van der Waals surface area contributed by atoms with Crippen LogP contribution < -0.4 is 16.4 Å². The molecule has 0 saturated heterocycles. The van der Waals surface area contributed by atoms with Crippen molar-refractivity contribution < 1.29 is 9.59 Å². The quantitative estimate of drug-likeness (QED) is 0.605. The Bertz CT molecular complexity index is 886. The van der Waals surface area contributed by atoms with Crippen LogP contribution in [0.5, 0.6) is 0 Å². The lowest BCUT2D eigenvalue weighted by molar-refractivity contribution is -0.122. The normalized spacial score (nSPS) is 11.6. The molecule has 142 valence electrons. The first-order valence-electron chi connectivity index (χ1n) is 9.11. The Labute approximate surface area is 164 Å². The third-order valence-corrected chi connectivity index (χ3v) is 4.56. The molecule has 5 heteroatoms. The van der Waals surface area contributed by atoms with E-state index in [0.29, 0.717) is 5.69 Å². The van der Waals surface area contributed by atoms with Gasteiger partial charge in [-0.2, -0.15) is 0 Å². The third-order valence-electron chi connectivity index (χ3n) is 4.56. The maximum absolute atomic E-state index is 13.2. The molecule has 5 nitrogen and oxygen atoms in total. The van der Waals surface area contributed by atoms with E-state index in [9.17, 15) is 9.59 Å². The lowest BCUT2D eigenvalue weighted by Crippen LogP contribution is -2.32. The van der Waals surface area contributed by atoms with Crippen LogP contribution >= 0.6 is 0 Å². The fraction of sp³-hybridized carbons (Fsp3) is 0.130. The van der Waals surface area contributed by atoms with Crippen LogP contribution in [0.2, 0.25) is 0 Å². The van der Waals surface area contributed by atoms with Gasteiger partial charge in [0.1, 0.15) is 0 Å². The maximum atomic E-state index is 13.2. The second-order valence-electron chi connectivity index (χ2n) is 6.60. The minimum absolute atomic E-state index is 0.0655. The number of anilines is 1. The van der Waals surface area contributed by atoms with E-state index in [1.165, 1.54) is 0 Å². The topological polar surface area (TPSA) is 84.2 Å². The summed E-state index contributed by atoms with van der Waals surface area (Å²) in [7, 11) is 0. The molecule has 4 N–H and O–H groups in total. The van der Waals surface area contributed by atoms with E-state index in [-0.39, 0.29) is 17.9 Å². The number of benzene rings is 3. The predicted molar refractivity (Wildman–Crippen MR) is 111 cm³/mol. The summed E-state index contributed by atoms with van der Waals surface area (Å²) in [5, 5.41) is 5.63. The number of urea groups is 1. The van der Waals surface area contributed by atoms with Crippen molar-refractivity contribution >= 4 is 17.6 Å². The highest BCUT2D eigenvalue weighted by Crippen LogP contribution is 2.26. The second kappa shape index (κ2) is 8.86. The summed E-state index contributed by atoms with van der Waals surface area (Å²) in [6.45, 7) is 1.93. The summed E-state index contributed by atoms with van der Waals surface area (Å²) in [4.78, 5) is 24.1. The van der Waals surface area contributed by atoms with Crippen LogP contribution in [-0.2, 0) is 4.79 Å². The van der Waals surface area contributed by atoms with Gasteiger partial charge in [0.15, 0.2) is 0 Å². The van der Waals surface area contributed by atoms with Gasteiger partial charge in [-0.3, -0.25) is 4.79 Å². The molecule has 28 heavy (non-hydrogen) atoms. The van der Waals surface area contributed by atoms with Crippen LogP contribution in [0.25, 0.3) is 0 Å². The Morgan fingerprint density at radius 3 is 1.71 bits per heavy atom. The number of nitrogens with two attached hydrogens (primary N) is 1. The Hall–Kier alpha value is -3.60. The first kappa shape index (κ1) is 19.2. The van der Waals surface area contributed by atoms with Crippen molar-refractivity contribution in [3.8, 4) is 0 Å². The van der Waals surface area contributed by atoms with Gasteiger partial charge in [0, 0.05) is 5.69 Å². The zero-order valence-electron chi connectivity index (χ0n) is 15.6. The summed E-state index contributed by atoms with van der Waals surface area (Å²) in [5.74, 6) is -0.454. The zero-order valence-corrected chi connectivity index (χ0v) is 15.6. The molecule has 3 amide bonds. The summed E-state index contributed by atoms with van der Waals surface area (Å²) in [5.41, 5.74) is 8.56. The molecule has 3 aromatic carbocycles. The average Bonchev–Trinajstić information content (AvgIpc) is 2.70. The highest BCUT2D eigenvalue weighted by atomic mass is 16.2. The zero-order chi connectivity index (χ0) is 19.9. The molecule has 1 atom stereocenters. The molecule has 0 bridgehead atoms. The highest BCUT2D eigenvalue weighted by molar-refractivity contribution is 5.88. The fourth-order valence-corrected chi connectivity index (χ4v) is 3.16. The van der Waals surface area contributed by atoms with Gasteiger partial charge < -0.3 is 16.4 Å². The van der Waals surface area contributed by atoms with Crippen molar-refractivity contribution in [3.05, 3.63) is 102 Å². The van der Waals surface area contributed by atoms with Gasteiger partial charge in [-0.1, -0.05) is 72.8 Å². The minimum Gasteiger partial charge on any atom is -0.351 e. The van der Waals surface area contributed by atoms with E-state index in [0.717, 1.165) is 16.7 Å². The molecule has 0 fully saturated rings. The molecular formula is C23H23N3O2. The maximum Gasteiger partial charge on any atom is 0.316 e. The summed E-state index contributed by atoms with van der Waals surface area (Å²) in [6.07, 6.45) is 0. The van der Waals surface area contributed by atoms with Crippen molar-refractivity contribution in [2.75, 3.05) is 5.32 Å². The van der Waals surface area contributed by atoms with E-state index in [2.05, 4.69) is 10.6 Å². The standard InChI is InChI=1S/C23H23N3O2/c1-16(17-12-14-20(15-13-17)26-23(24)28)25-22(27)21(18-8-4-2-5-9-18)19-10-6-3-7-11-19/h2-16,21H,1H3,(H,25,27)(H3,24,26,28). The first-order chi connectivity index (χ1) is 13.5. The van der Waals surface area contributed by atoms with Gasteiger partial charge >= 0.3 is 6.03 Å². The Kier molecular flexibility index (Phi) is 6.07. The molecule has 0 aliphatic rings. The molecule has 1 unspecified atom stereocenters. The molecule has 3 rings (SSSR count). The van der Waals surface area contributed by atoms with E-state index in [1.54, 1.807) is 12.1 Å². The van der Waals surface area contributed by atoms with E-state index >= 15 is 0 Å². The summed E-state index contributed by atoms with van der Waals surface area (Å²) >= 11 is 0. The van der Waals surface area contributed by atoms with E-state index < -0.39 is 6.03 Å². The average molecular weight is 373 g/mol. The van der Waals surface area contributed by atoms with Gasteiger partial charge in [0.05, 0.1) is 12.0 Å². The van der Waals surface area contributed by atoms with Crippen molar-refractivity contribution in [2.45, 2.75) is 18.9 Å². The molecule has 0 spiro atoms. The summed E-state index contributed by atoms with van der Waals surface area (Å²) < 4.78 is 0. The number of rotatable bonds is 6. The van der Waals surface area contributed by atoms with Gasteiger partial charge in [-0.05, 0) is 35.7 Å². The Morgan fingerprint density at radius 2 is 1.25 bits per heavy atom. The smallest absolute Gasteiger partial charge is 0.316 e. The number of amides is 3. The number of carbonyl (C=O) groups is 2. The van der Waals surface area contributed by atoms with Crippen molar-refractivity contribution in [3.63, 3.8) is 0 Å². The second-order valence-corrected chi connectivity index (χ2v) is 6.60. The van der Waals surface area contributed by atoms with Gasteiger partial charge in [-0.25, -0.2) is 4.79 Å². The molecular weight excluding hydrogens is 350 g/mol. The third kappa shape index (κ3) is 4.76. The number of hydrogen-bond donors (Lipinski definition) is 3. The van der Waals surface area contributed by atoms with E-state index in [4.69, 9.17) is 5.73 Å². The van der Waals surface area contributed by atoms with Crippen LogP contribution in [0.1, 0.15) is 35.6 Å². The van der Waals surface area contributed by atoms with Gasteiger partial charge in [-0.15, -0.1) is 0 Å². The van der Waals surface area contributed by atoms with Crippen LogP contribution in [0.3, 0.4) is 0 Å². The largest absolute Gasteiger partial charge is 0.351 e. The number of nitrogens with one attached hydrogen (secondary N) is 2. The van der Waals surface area contributed by atoms with Crippen LogP contribution in [0.4, 0.5) is 10.5 Å². The lowest BCUT2D eigenvalue weighted by Gasteiger charge is -2.21. The predicted octanol–water partition coefficient (Wildman–Crippen LogP) is 4.19. The molecule has 0 aromatic heterocycles. The van der Waals surface area contributed by atoms with Crippen LogP contribution in [-0.4, -0.2) is 11.9 Å². The van der Waals surface area contributed by atoms with Crippen molar-refractivity contribution in [2.24, 2.45) is 5.73 Å². The summed E-state index contributed by atoms with van der Waals surface area (Å²) in [6, 6.07) is 25.9. The van der Waals surface area contributed by atoms with Crippen LogP contribution in [0, 0.1) is 0 Å². The number of carbonyl (C=O) groups excluding carboxylic acids is 2. The Balaban J connectivity index is 1.79. The molecule has 3 aromatic rings. The molecule has 0 saturated carbocycles. The van der Waals surface area contributed by atoms with E-state index in [1.807, 2.05) is 79.7 Å². The minimum atomic E-state index is -0.609. The number of primary amides is 1. The highest BCUT2D eigenvalue weighted by Gasteiger charge is 2.24. The fourth-order valence-electron chi connectivity index (χ4n) is 3.16. The van der Waals surface area contributed by atoms with Gasteiger partial charge in [0.25, 0.3) is 0 Å². The molecule has 0 heterocycles. The Morgan fingerprint density at radius 1 is 0.750 bits per heavy atom. The number of hydrogen-bond acceptors (Lipinski definition) is 2. The monoisotopic (exact) mass is 373 g/mol. The molecule has 0 aliphatic heterocycles. The van der Waals surface area contributed by atoms with Crippen molar-refractivity contribution in [1.82, 2.24) is 5.32 Å². The van der Waals surface area contributed by atoms with Crippen LogP contribution in [0.15, 0.2) is 84.9 Å². The van der Waals surface area contributed by atoms with Gasteiger partial charge in [0.2, 0.25) is 5.91 Å².